The van der Waals surface area contributed by atoms with Gasteiger partial charge >= 0.3 is 0 Å². The molecule has 4 rings (SSSR count). The second kappa shape index (κ2) is 30.9. The van der Waals surface area contributed by atoms with Gasteiger partial charge in [0.2, 0.25) is 35.4 Å². The van der Waals surface area contributed by atoms with E-state index in [1.807, 2.05) is 0 Å². The van der Waals surface area contributed by atoms with Gasteiger partial charge in [-0.15, -0.1) is 0 Å². The largest absolute Gasteiger partial charge is 0.508 e. The van der Waals surface area contributed by atoms with Crippen molar-refractivity contribution in [1.82, 2.24) is 36.5 Å². The molecule has 1 aromatic rings. The average molecular weight is 1050 g/mol. The number of hydrogen-bond donors (Lipinski definition) is 14. The SMILES string of the molecule is CCCCCCCCCCCCCCCCC(=O)N[C@H]1C[C@@H](O)[C@@H](O)NO[C@@H]2[C@@H](O)[C@@H](C)CN2C(=O)[C@H]([C@@H](C)O)NC(=O)[C@H]([C@H](O)[C@@H](O)Cc2ccc(O)cc2)NC(=O)[C@@H]2C[C@@H](O)CN2C(=O)[C@H]([C@@H](C)O)NC1=O. The molecule has 0 radical (unpaired) electrons. The van der Waals surface area contributed by atoms with Gasteiger partial charge in [0.1, 0.15) is 48.2 Å². The monoisotopic (exact) mass is 1050 g/mol. The van der Waals surface area contributed by atoms with Gasteiger partial charge in [-0.3, -0.25) is 33.6 Å². The van der Waals surface area contributed by atoms with E-state index in [9.17, 15) is 74.7 Å². The van der Waals surface area contributed by atoms with Crippen LogP contribution in [0.1, 0.15) is 142 Å². The Balaban J connectivity index is 1.59. The third-order valence-corrected chi connectivity index (χ3v) is 14.2. The second-order valence-corrected chi connectivity index (χ2v) is 20.6. The fraction of sp³-hybridized carbons (Fsp3) is 0.765. The number of nitrogens with zero attached hydrogens (tertiary/aromatic N) is 2. The summed E-state index contributed by atoms with van der Waals surface area (Å²) in [7, 11) is 0. The Morgan fingerprint density at radius 3 is 1.76 bits per heavy atom. The fourth-order valence-electron chi connectivity index (χ4n) is 9.61. The van der Waals surface area contributed by atoms with Crippen LogP contribution in [0, 0.1) is 5.92 Å². The lowest BCUT2D eigenvalue weighted by atomic mass is 9.97. The van der Waals surface area contributed by atoms with Crippen LogP contribution in [-0.2, 0) is 40.0 Å². The molecule has 420 valence electrons. The molecule has 0 aromatic heterocycles. The van der Waals surface area contributed by atoms with Crippen molar-refractivity contribution in [2.75, 3.05) is 13.1 Å². The molecule has 0 bridgehead atoms. The Morgan fingerprint density at radius 2 is 1.20 bits per heavy atom. The van der Waals surface area contributed by atoms with Crippen molar-refractivity contribution in [1.29, 1.82) is 0 Å². The maximum atomic E-state index is 14.3. The molecule has 0 spiro atoms. The van der Waals surface area contributed by atoms with Crippen LogP contribution in [0.25, 0.3) is 0 Å². The van der Waals surface area contributed by atoms with Crippen LogP contribution in [-0.4, -0.2) is 190 Å². The molecule has 1 aromatic carbocycles. The Hall–Kier alpha value is -4.56. The first-order chi connectivity index (χ1) is 35.1. The van der Waals surface area contributed by atoms with Crippen molar-refractivity contribution in [2.45, 2.75) is 229 Å². The summed E-state index contributed by atoms with van der Waals surface area (Å²) in [6.45, 7) is 5.30. The number of unbranched alkanes of at least 4 members (excludes halogenated alkanes) is 13. The van der Waals surface area contributed by atoms with Crippen LogP contribution in [0.5, 0.6) is 5.75 Å². The summed E-state index contributed by atoms with van der Waals surface area (Å²) in [5.74, 6) is -7.12. The fourth-order valence-corrected chi connectivity index (χ4v) is 9.61. The first-order valence-electron chi connectivity index (χ1n) is 26.6. The summed E-state index contributed by atoms with van der Waals surface area (Å²) in [6.07, 6.45) is -1.98. The van der Waals surface area contributed by atoms with Crippen molar-refractivity contribution in [3.05, 3.63) is 29.8 Å². The third-order valence-electron chi connectivity index (χ3n) is 14.2. The van der Waals surface area contributed by atoms with Crippen LogP contribution in [0.3, 0.4) is 0 Å². The number of fused-ring (bicyclic) bond motifs is 2. The molecule has 3 saturated heterocycles. The van der Waals surface area contributed by atoms with Crippen molar-refractivity contribution >= 4 is 35.4 Å². The molecule has 23 heteroatoms. The zero-order chi connectivity index (χ0) is 54.6. The normalized spacial score (nSPS) is 29.5. The Bertz CT molecular complexity index is 1930. The van der Waals surface area contributed by atoms with E-state index in [1.54, 1.807) is 6.92 Å². The van der Waals surface area contributed by atoms with E-state index in [0.29, 0.717) is 12.0 Å². The Morgan fingerprint density at radius 1 is 0.689 bits per heavy atom. The standard InChI is InChI=1S/C51H85N7O16/c1-5-6-7-8-9-10-11-12-13-14-15-16-17-18-19-39(65)52-35-26-38(64)47(70)56-74-51-43(66)29(2)27-58(51)50(73)41(31(4)60)54-48(71)42(44(67)37(63)24-32-20-22-33(61)23-21-32)55-46(69)36-25-34(62)28-57(36)49(72)40(30(3)59)53-45(35)68/h20-23,29-31,34-38,40-44,47,51,56,59-64,66-67,70H,5-19,24-28H2,1-4H3,(H,52,65)(H,53,68)(H,54,71)(H,55,69)/t29-,30+,31+,34+,35-,36-,37-,38+,40-,41-,42-,43-,44+,47+,51+/m0/s1. The first-order valence-corrected chi connectivity index (χ1v) is 26.6. The smallest absolute Gasteiger partial charge is 0.250 e. The van der Waals surface area contributed by atoms with Crippen molar-refractivity contribution in [2.24, 2.45) is 5.92 Å². The van der Waals surface area contributed by atoms with E-state index in [0.717, 1.165) is 55.8 Å². The zero-order valence-corrected chi connectivity index (χ0v) is 43.4. The van der Waals surface area contributed by atoms with Crippen LogP contribution in [0.15, 0.2) is 24.3 Å². The molecule has 23 nitrogen and oxygen atoms in total. The van der Waals surface area contributed by atoms with E-state index in [2.05, 4.69) is 33.7 Å². The van der Waals surface area contributed by atoms with Gasteiger partial charge < -0.3 is 77.0 Å². The lowest BCUT2D eigenvalue weighted by Gasteiger charge is -2.34. The van der Waals surface area contributed by atoms with Crippen molar-refractivity contribution in [3.63, 3.8) is 0 Å². The molecular formula is C51H85N7O16. The number of rotatable bonds is 22. The summed E-state index contributed by atoms with van der Waals surface area (Å²) in [4.78, 5) is 91.9. The minimum atomic E-state index is -2.16. The summed E-state index contributed by atoms with van der Waals surface area (Å²) in [5.41, 5.74) is 2.55. The number of amides is 6. The number of nitrogens with one attached hydrogen (secondary N) is 5. The molecule has 0 aliphatic carbocycles. The Labute approximate surface area is 433 Å². The van der Waals surface area contributed by atoms with Gasteiger partial charge in [-0.1, -0.05) is 109 Å². The van der Waals surface area contributed by atoms with Crippen molar-refractivity contribution < 1.29 is 79.6 Å². The Kier molecular flexibility index (Phi) is 25.8. The molecule has 0 saturated carbocycles. The van der Waals surface area contributed by atoms with Gasteiger partial charge in [-0.25, -0.2) is 0 Å². The average Bonchev–Trinajstić information content (AvgIpc) is 3.89. The van der Waals surface area contributed by atoms with Gasteiger partial charge in [0.15, 0.2) is 12.5 Å². The molecule has 74 heavy (non-hydrogen) atoms. The van der Waals surface area contributed by atoms with E-state index in [-0.39, 0.29) is 25.1 Å². The lowest BCUT2D eigenvalue weighted by Crippen LogP contribution is -2.64. The van der Waals surface area contributed by atoms with E-state index < -0.39 is 146 Å². The van der Waals surface area contributed by atoms with Crippen LogP contribution < -0.4 is 26.7 Å². The van der Waals surface area contributed by atoms with Gasteiger partial charge in [0, 0.05) is 44.7 Å². The molecule has 14 N–H and O–H groups in total. The zero-order valence-electron chi connectivity index (χ0n) is 43.4. The predicted octanol–water partition coefficient (Wildman–Crippen LogP) is -1.04. The summed E-state index contributed by atoms with van der Waals surface area (Å²) in [5, 5.41) is 108. The van der Waals surface area contributed by atoms with E-state index in [1.165, 1.54) is 75.6 Å². The quantitative estimate of drug-likeness (QED) is 0.0617. The van der Waals surface area contributed by atoms with Crippen molar-refractivity contribution in [3.8, 4) is 5.75 Å². The predicted molar refractivity (Wildman–Crippen MR) is 267 cm³/mol. The number of aromatic hydroxyl groups is 1. The maximum Gasteiger partial charge on any atom is 0.250 e. The number of carbonyl (C=O) groups is 6. The maximum absolute atomic E-state index is 14.3. The third kappa shape index (κ3) is 18.6. The van der Waals surface area contributed by atoms with Gasteiger partial charge in [-0.05, 0) is 38.0 Å². The van der Waals surface area contributed by atoms with Gasteiger partial charge in [-0.2, -0.15) is 5.48 Å². The van der Waals surface area contributed by atoms with Crippen LogP contribution in [0.4, 0.5) is 0 Å². The first kappa shape index (κ1) is 62.0. The number of benzene rings is 1. The molecule has 3 aliphatic rings. The molecule has 15 atom stereocenters. The minimum absolute atomic E-state index is 0.0149. The molecule has 3 heterocycles. The number of phenolic OH excluding ortho intramolecular Hbond substituents is 1. The number of hydrogen-bond acceptors (Lipinski definition) is 17. The van der Waals surface area contributed by atoms with Gasteiger partial charge in [0.05, 0.1) is 30.5 Å². The highest BCUT2D eigenvalue weighted by atomic mass is 16.7. The number of aliphatic hydroxyl groups excluding tert-OH is 8. The molecular weight excluding hydrogens is 967 g/mol. The van der Waals surface area contributed by atoms with Crippen LogP contribution in [0.2, 0.25) is 0 Å². The van der Waals surface area contributed by atoms with Crippen LogP contribution >= 0.6 is 0 Å². The number of hydroxylamine groups is 1. The highest BCUT2D eigenvalue weighted by Crippen LogP contribution is 2.27. The topological polar surface area (TPSA) is 360 Å². The van der Waals surface area contributed by atoms with E-state index >= 15 is 0 Å². The highest BCUT2D eigenvalue weighted by molar-refractivity contribution is 5.97. The number of aliphatic hydroxyl groups is 8. The lowest BCUT2D eigenvalue weighted by molar-refractivity contribution is -0.194. The molecule has 6 amide bonds. The molecule has 3 fully saturated rings. The second-order valence-electron chi connectivity index (χ2n) is 20.6. The number of carbonyl (C=O) groups excluding carboxylic acids is 6. The summed E-state index contributed by atoms with van der Waals surface area (Å²) >= 11 is 0. The number of phenols is 1. The van der Waals surface area contributed by atoms with Gasteiger partial charge in [0.25, 0.3) is 0 Å². The summed E-state index contributed by atoms with van der Waals surface area (Å²) < 4.78 is 0. The minimum Gasteiger partial charge on any atom is -0.508 e. The van der Waals surface area contributed by atoms with E-state index in [4.69, 9.17) is 4.84 Å². The molecule has 0 unspecified atom stereocenters. The summed E-state index contributed by atoms with van der Waals surface area (Å²) in [6, 6.07) is -3.68. The molecule has 3 aliphatic heterocycles. The highest BCUT2D eigenvalue weighted by Gasteiger charge is 2.48.